The second-order valence-corrected chi connectivity index (χ2v) is 2.12. The number of rotatable bonds is 2. The van der Waals surface area contributed by atoms with E-state index in [2.05, 4.69) is 11.6 Å². The van der Waals surface area contributed by atoms with Crippen LogP contribution in [0.25, 0.3) is 0 Å². The molecule has 0 aliphatic rings. The van der Waals surface area contributed by atoms with E-state index in [4.69, 9.17) is 0 Å². The van der Waals surface area contributed by atoms with Gasteiger partial charge in [-0.05, 0) is 13.8 Å². The Morgan fingerprint density at radius 1 is 1.64 bits per heavy atom. The first-order valence-electron chi connectivity index (χ1n) is 3.56. The van der Waals surface area contributed by atoms with E-state index in [-0.39, 0.29) is 5.91 Å². The summed E-state index contributed by atoms with van der Waals surface area (Å²) in [4.78, 5) is 16.4. The first-order chi connectivity index (χ1) is 5.13. The van der Waals surface area contributed by atoms with Gasteiger partial charge in [-0.15, -0.1) is 0 Å². The molecule has 62 valence electrons. The number of nitrogens with zero attached hydrogens (tertiary/aromatic N) is 2. The maximum absolute atomic E-state index is 10.9. The van der Waals surface area contributed by atoms with Gasteiger partial charge >= 0.3 is 0 Å². The summed E-state index contributed by atoms with van der Waals surface area (Å²) in [5.41, 5.74) is 0. The van der Waals surface area contributed by atoms with Gasteiger partial charge in [0.15, 0.2) is 0 Å². The van der Waals surface area contributed by atoms with Gasteiger partial charge in [-0.25, -0.2) is 4.99 Å². The van der Waals surface area contributed by atoms with Gasteiger partial charge in [-0.3, -0.25) is 4.79 Å². The molecule has 0 saturated heterocycles. The minimum absolute atomic E-state index is 0.00981. The second-order valence-electron chi connectivity index (χ2n) is 2.12. The van der Waals surface area contributed by atoms with Crippen molar-refractivity contribution in [3.8, 4) is 0 Å². The fourth-order valence-electron chi connectivity index (χ4n) is 0.881. The summed E-state index contributed by atoms with van der Waals surface area (Å²) < 4.78 is 0. The fourth-order valence-corrected chi connectivity index (χ4v) is 0.881. The van der Waals surface area contributed by atoms with Crippen LogP contribution in [0.5, 0.6) is 0 Å². The van der Waals surface area contributed by atoms with Crippen LogP contribution >= 0.6 is 0 Å². The average molecular weight is 154 g/mol. The van der Waals surface area contributed by atoms with Crippen molar-refractivity contribution in [3.05, 3.63) is 12.8 Å². The van der Waals surface area contributed by atoms with E-state index in [9.17, 15) is 4.79 Å². The van der Waals surface area contributed by atoms with Gasteiger partial charge in [0, 0.05) is 19.7 Å². The summed E-state index contributed by atoms with van der Waals surface area (Å²) >= 11 is 0. The molecule has 0 spiro atoms. The van der Waals surface area contributed by atoms with Crippen LogP contribution < -0.4 is 0 Å². The van der Waals surface area contributed by atoms with Gasteiger partial charge in [0.2, 0.25) is 5.91 Å². The molecule has 0 atom stereocenters. The van der Waals surface area contributed by atoms with Gasteiger partial charge in [0.1, 0.15) is 5.84 Å². The van der Waals surface area contributed by atoms with Crippen molar-refractivity contribution in [2.24, 2.45) is 4.99 Å². The summed E-state index contributed by atoms with van der Waals surface area (Å²) in [5.74, 6) is 0.700. The highest BCUT2D eigenvalue weighted by atomic mass is 16.2. The van der Waals surface area contributed by atoms with Crippen LogP contribution in [0.2, 0.25) is 0 Å². The number of amidine groups is 1. The molecule has 3 nitrogen and oxygen atoms in total. The van der Waals surface area contributed by atoms with E-state index in [1.807, 2.05) is 6.92 Å². The first-order valence-corrected chi connectivity index (χ1v) is 3.56. The molecule has 0 aromatic carbocycles. The Hall–Kier alpha value is -1.12. The van der Waals surface area contributed by atoms with Gasteiger partial charge in [0.25, 0.3) is 0 Å². The van der Waals surface area contributed by atoms with Crippen LogP contribution in [0, 0.1) is 0 Å². The number of carbonyl (C=O) groups is 1. The molecular weight excluding hydrogens is 140 g/mol. The topological polar surface area (TPSA) is 32.7 Å². The van der Waals surface area contributed by atoms with Crippen LogP contribution in [0.3, 0.4) is 0 Å². The third kappa shape index (κ3) is 2.98. The molecule has 0 rings (SSSR count). The third-order valence-electron chi connectivity index (χ3n) is 1.37. The van der Waals surface area contributed by atoms with E-state index in [1.165, 1.54) is 13.1 Å². The lowest BCUT2D eigenvalue weighted by Crippen LogP contribution is -2.32. The molecule has 0 bridgehead atoms. The van der Waals surface area contributed by atoms with Crippen LogP contribution in [0.15, 0.2) is 17.8 Å². The van der Waals surface area contributed by atoms with Gasteiger partial charge in [0.05, 0.1) is 0 Å². The van der Waals surface area contributed by atoms with E-state index < -0.39 is 0 Å². The smallest absolute Gasteiger partial charge is 0.224 e. The van der Waals surface area contributed by atoms with Crippen molar-refractivity contribution in [1.82, 2.24) is 4.90 Å². The highest BCUT2D eigenvalue weighted by Crippen LogP contribution is 1.92. The molecule has 0 heterocycles. The SMILES string of the molecule is C=C/N=C(/C)N(CC)C(C)=O. The van der Waals surface area contributed by atoms with Crippen molar-refractivity contribution in [2.75, 3.05) is 6.54 Å². The second kappa shape index (κ2) is 4.66. The summed E-state index contributed by atoms with van der Waals surface area (Å²) in [6.45, 7) is 9.31. The lowest BCUT2D eigenvalue weighted by molar-refractivity contribution is -0.124. The molecule has 0 aromatic heterocycles. The third-order valence-corrected chi connectivity index (χ3v) is 1.37. The molecule has 0 N–H and O–H groups in total. The minimum atomic E-state index is 0.00981. The van der Waals surface area contributed by atoms with Crippen molar-refractivity contribution in [1.29, 1.82) is 0 Å². The van der Waals surface area contributed by atoms with Crippen LogP contribution in [-0.4, -0.2) is 23.2 Å². The number of hydrogen-bond acceptors (Lipinski definition) is 2. The summed E-state index contributed by atoms with van der Waals surface area (Å²) in [5, 5.41) is 0. The van der Waals surface area contributed by atoms with Crippen LogP contribution in [0.1, 0.15) is 20.8 Å². The molecule has 0 saturated carbocycles. The quantitative estimate of drug-likeness (QED) is 0.437. The standard InChI is InChI=1S/C8H14N2O/c1-5-9-7(3)10(6-2)8(4)11/h5H,1,6H2,2-4H3/b9-7-. The zero-order chi connectivity index (χ0) is 8.85. The van der Waals surface area contributed by atoms with Crippen molar-refractivity contribution in [3.63, 3.8) is 0 Å². The fraction of sp³-hybridized carbons (Fsp3) is 0.500. The Labute approximate surface area is 67.4 Å². The Bertz CT molecular complexity index is 185. The van der Waals surface area contributed by atoms with E-state index in [0.717, 1.165) is 0 Å². The van der Waals surface area contributed by atoms with Gasteiger partial charge < -0.3 is 4.90 Å². The zero-order valence-electron chi connectivity index (χ0n) is 7.29. The lowest BCUT2D eigenvalue weighted by Gasteiger charge is -2.17. The number of carbonyl (C=O) groups excluding carboxylic acids is 1. The lowest BCUT2D eigenvalue weighted by atomic mass is 10.4. The van der Waals surface area contributed by atoms with Gasteiger partial charge in [-0.1, -0.05) is 6.58 Å². The molecule has 0 unspecified atom stereocenters. The Morgan fingerprint density at radius 3 is 2.45 bits per heavy atom. The highest BCUT2D eigenvalue weighted by Gasteiger charge is 2.07. The number of aliphatic imine (C=N–C) groups is 1. The van der Waals surface area contributed by atoms with Crippen molar-refractivity contribution in [2.45, 2.75) is 20.8 Å². The molecule has 11 heavy (non-hydrogen) atoms. The number of amides is 1. The van der Waals surface area contributed by atoms with Crippen molar-refractivity contribution >= 4 is 11.7 Å². The molecule has 0 radical (unpaired) electrons. The predicted molar refractivity (Wildman–Crippen MR) is 46.4 cm³/mol. The average Bonchev–Trinajstić information content (AvgIpc) is 1.88. The monoisotopic (exact) mass is 154 g/mol. The molecule has 0 aromatic rings. The largest absolute Gasteiger partial charge is 0.301 e. The number of hydrogen-bond donors (Lipinski definition) is 0. The Balaban J connectivity index is 4.37. The molecule has 0 fully saturated rings. The minimum Gasteiger partial charge on any atom is -0.301 e. The summed E-state index contributed by atoms with van der Waals surface area (Å²) in [6, 6.07) is 0. The van der Waals surface area contributed by atoms with E-state index >= 15 is 0 Å². The molecule has 0 aliphatic carbocycles. The Kier molecular flexibility index (Phi) is 4.18. The first kappa shape index (κ1) is 9.88. The maximum Gasteiger partial charge on any atom is 0.224 e. The normalized spacial score (nSPS) is 11.0. The van der Waals surface area contributed by atoms with E-state index in [0.29, 0.717) is 12.4 Å². The Morgan fingerprint density at radius 2 is 2.18 bits per heavy atom. The van der Waals surface area contributed by atoms with Crippen molar-refractivity contribution < 1.29 is 4.79 Å². The van der Waals surface area contributed by atoms with E-state index in [1.54, 1.807) is 11.8 Å². The van der Waals surface area contributed by atoms with Crippen LogP contribution in [-0.2, 0) is 4.79 Å². The summed E-state index contributed by atoms with van der Waals surface area (Å²) in [6.07, 6.45) is 1.43. The summed E-state index contributed by atoms with van der Waals surface area (Å²) in [7, 11) is 0. The predicted octanol–water partition coefficient (Wildman–Crippen LogP) is 1.42. The molecule has 1 amide bonds. The van der Waals surface area contributed by atoms with Crippen LogP contribution in [0.4, 0.5) is 0 Å². The zero-order valence-corrected chi connectivity index (χ0v) is 7.29. The maximum atomic E-state index is 10.9. The highest BCUT2D eigenvalue weighted by molar-refractivity contribution is 5.96. The van der Waals surface area contributed by atoms with Gasteiger partial charge in [-0.2, -0.15) is 0 Å². The molecule has 0 aliphatic heterocycles. The molecule has 3 heteroatoms. The molecular formula is C8H14N2O.